The number of β-amino-alcohol motifs (C(OH)–C–C–N with tert-alkyl or cyclic N) is 1. The molecule has 1 aliphatic carbocycles. The van der Waals surface area contributed by atoms with Gasteiger partial charge >= 0.3 is 0 Å². The van der Waals surface area contributed by atoms with Gasteiger partial charge in [-0.05, 0) is 33.4 Å². The van der Waals surface area contributed by atoms with E-state index >= 15 is 0 Å². The number of nitrogens with zero attached hydrogens (tertiary/aromatic N) is 5. The van der Waals surface area contributed by atoms with E-state index in [-0.39, 0.29) is 6.10 Å². The number of aliphatic hydroxyl groups excluding tert-OH is 1. The quantitative estimate of drug-likeness (QED) is 0.836. The summed E-state index contributed by atoms with van der Waals surface area (Å²) in [6, 6.07) is 2.40. The van der Waals surface area contributed by atoms with Gasteiger partial charge in [0.1, 0.15) is 18.0 Å². The molecule has 0 amide bonds. The molecule has 1 N–H and O–H groups in total. The maximum absolute atomic E-state index is 10.1. The Balaban J connectivity index is 1.48. The predicted octanol–water partition coefficient (Wildman–Crippen LogP) is 1.13. The van der Waals surface area contributed by atoms with Crippen molar-refractivity contribution in [3.05, 3.63) is 24.5 Å². The van der Waals surface area contributed by atoms with Gasteiger partial charge in [0, 0.05) is 43.7 Å². The molecule has 2 saturated heterocycles. The second kappa shape index (κ2) is 6.01. The molecule has 6 heteroatoms. The molecule has 2 aliphatic heterocycles. The molecule has 6 nitrogen and oxygen atoms in total. The third-order valence-corrected chi connectivity index (χ3v) is 5.55. The normalized spacial score (nSPS) is 28.2. The molecular formula is C18H27N5O. The number of hydrogen-bond donors (Lipinski definition) is 1. The van der Waals surface area contributed by atoms with Gasteiger partial charge in [-0.2, -0.15) is 0 Å². The molecular weight excluding hydrogens is 302 g/mol. The first-order valence-electron chi connectivity index (χ1n) is 8.86. The van der Waals surface area contributed by atoms with Crippen molar-refractivity contribution in [3.8, 4) is 0 Å². The van der Waals surface area contributed by atoms with Crippen LogP contribution in [0.1, 0.15) is 19.3 Å². The summed E-state index contributed by atoms with van der Waals surface area (Å²) in [6.07, 6.45) is 9.20. The molecule has 0 saturated carbocycles. The molecule has 1 aromatic heterocycles. The molecule has 0 radical (unpaired) electrons. The minimum absolute atomic E-state index is 0.273. The number of anilines is 2. The highest BCUT2D eigenvalue weighted by molar-refractivity contribution is 5.53. The molecule has 3 heterocycles. The molecule has 4 rings (SSSR count). The summed E-state index contributed by atoms with van der Waals surface area (Å²) < 4.78 is 0. The van der Waals surface area contributed by atoms with Gasteiger partial charge in [0.15, 0.2) is 0 Å². The Morgan fingerprint density at radius 2 is 1.92 bits per heavy atom. The van der Waals surface area contributed by atoms with E-state index in [1.54, 1.807) is 6.33 Å². The molecule has 0 aromatic carbocycles. The van der Waals surface area contributed by atoms with Crippen molar-refractivity contribution >= 4 is 11.6 Å². The van der Waals surface area contributed by atoms with Gasteiger partial charge in [0.25, 0.3) is 0 Å². The van der Waals surface area contributed by atoms with Crippen LogP contribution in [0.15, 0.2) is 24.5 Å². The monoisotopic (exact) mass is 329 g/mol. The Kier molecular flexibility index (Phi) is 3.96. The van der Waals surface area contributed by atoms with Crippen LogP contribution in [0, 0.1) is 5.41 Å². The van der Waals surface area contributed by atoms with Crippen molar-refractivity contribution in [3.63, 3.8) is 0 Å². The van der Waals surface area contributed by atoms with Crippen LogP contribution in [-0.4, -0.2) is 72.4 Å². The lowest BCUT2D eigenvalue weighted by Crippen LogP contribution is -2.55. The van der Waals surface area contributed by atoms with E-state index in [0.29, 0.717) is 18.0 Å². The summed E-state index contributed by atoms with van der Waals surface area (Å²) in [7, 11) is 4.15. The van der Waals surface area contributed by atoms with E-state index in [9.17, 15) is 5.11 Å². The van der Waals surface area contributed by atoms with E-state index in [0.717, 1.165) is 37.7 Å². The van der Waals surface area contributed by atoms with Crippen LogP contribution in [-0.2, 0) is 0 Å². The van der Waals surface area contributed by atoms with Crippen LogP contribution in [0.25, 0.3) is 0 Å². The summed E-state index contributed by atoms with van der Waals surface area (Å²) in [5.41, 5.74) is 0.461. The SMILES string of the molecule is CN(C)C[C@H]1C[C@@H](O)CN1c1cc(N2CC3(CC=CC3)C2)ncn1. The third-order valence-electron chi connectivity index (χ3n) is 5.55. The van der Waals surface area contributed by atoms with Crippen LogP contribution in [0.3, 0.4) is 0 Å². The highest BCUT2D eigenvalue weighted by atomic mass is 16.3. The Morgan fingerprint density at radius 1 is 1.21 bits per heavy atom. The summed E-state index contributed by atoms with van der Waals surface area (Å²) in [6.45, 7) is 3.75. The number of likely N-dealkylation sites (N-methyl/N-ethyl adjacent to an activating group) is 1. The van der Waals surface area contributed by atoms with Crippen molar-refractivity contribution in [2.75, 3.05) is 50.1 Å². The number of aromatic nitrogens is 2. The Labute approximate surface area is 143 Å². The molecule has 24 heavy (non-hydrogen) atoms. The van der Waals surface area contributed by atoms with Crippen molar-refractivity contribution < 1.29 is 5.11 Å². The zero-order valence-corrected chi connectivity index (χ0v) is 14.6. The van der Waals surface area contributed by atoms with Gasteiger partial charge in [-0.1, -0.05) is 12.2 Å². The zero-order chi connectivity index (χ0) is 16.7. The van der Waals surface area contributed by atoms with Crippen LogP contribution in [0.4, 0.5) is 11.6 Å². The number of aliphatic hydroxyl groups is 1. The molecule has 0 unspecified atom stereocenters. The number of rotatable bonds is 4. The van der Waals surface area contributed by atoms with E-state index < -0.39 is 0 Å². The summed E-state index contributed by atoms with van der Waals surface area (Å²) in [5.74, 6) is 1.96. The lowest BCUT2D eigenvalue weighted by atomic mass is 9.77. The summed E-state index contributed by atoms with van der Waals surface area (Å²) >= 11 is 0. The fourth-order valence-corrected chi connectivity index (χ4v) is 4.37. The topological polar surface area (TPSA) is 55.7 Å². The second-order valence-electron chi connectivity index (χ2n) is 7.93. The average molecular weight is 329 g/mol. The van der Waals surface area contributed by atoms with Gasteiger partial charge in [-0.3, -0.25) is 0 Å². The third kappa shape index (κ3) is 2.89. The Hall–Kier alpha value is -1.66. The lowest BCUT2D eigenvalue weighted by molar-refractivity contribution is 0.191. The van der Waals surface area contributed by atoms with Crippen LogP contribution < -0.4 is 9.80 Å². The minimum atomic E-state index is -0.273. The molecule has 130 valence electrons. The van der Waals surface area contributed by atoms with E-state index in [1.165, 1.54) is 12.8 Å². The van der Waals surface area contributed by atoms with Crippen molar-refractivity contribution in [1.82, 2.24) is 14.9 Å². The van der Waals surface area contributed by atoms with Crippen LogP contribution in [0.2, 0.25) is 0 Å². The van der Waals surface area contributed by atoms with Crippen molar-refractivity contribution in [2.45, 2.75) is 31.4 Å². The van der Waals surface area contributed by atoms with E-state index in [2.05, 4.69) is 57.0 Å². The standard InChI is InChI=1S/C18H27N5O/c1-21(2)9-14-7-15(24)10-23(14)17-8-16(19-13-20-17)22-11-18(12-22)5-3-4-6-18/h3-4,8,13-15,24H,5-7,9-12H2,1-2H3/t14-,15-/m1/s1. The molecule has 1 spiro atoms. The highest BCUT2D eigenvalue weighted by Crippen LogP contribution is 2.43. The number of allylic oxidation sites excluding steroid dienone is 2. The largest absolute Gasteiger partial charge is 0.391 e. The first kappa shape index (κ1) is 15.8. The van der Waals surface area contributed by atoms with Gasteiger partial charge in [0.05, 0.1) is 6.10 Å². The average Bonchev–Trinajstić information content (AvgIpc) is 3.12. The molecule has 2 atom stereocenters. The fourth-order valence-electron chi connectivity index (χ4n) is 4.37. The van der Waals surface area contributed by atoms with Gasteiger partial charge in [-0.15, -0.1) is 0 Å². The molecule has 3 aliphatic rings. The van der Waals surface area contributed by atoms with Gasteiger partial charge < -0.3 is 19.8 Å². The predicted molar refractivity (Wildman–Crippen MR) is 95.4 cm³/mol. The first-order valence-corrected chi connectivity index (χ1v) is 8.86. The lowest BCUT2D eigenvalue weighted by Gasteiger charge is -2.49. The Morgan fingerprint density at radius 3 is 2.62 bits per heavy atom. The van der Waals surface area contributed by atoms with Crippen LogP contribution >= 0.6 is 0 Å². The molecule has 1 aromatic rings. The smallest absolute Gasteiger partial charge is 0.134 e. The second-order valence-corrected chi connectivity index (χ2v) is 7.93. The highest BCUT2D eigenvalue weighted by Gasteiger charge is 2.43. The zero-order valence-electron chi connectivity index (χ0n) is 14.6. The minimum Gasteiger partial charge on any atom is -0.391 e. The van der Waals surface area contributed by atoms with E-state index in [4.69, 9.17) is 0 Å². The Bertz CT molecular complexity index is 616. The molecule has 2 fully saturated rings. The maximum Gasteiger partial charge on any atom is 0.134 e. The summed E-state index contributed by atoms with van der Waals surface area (Å²) in [4.78, 5) is 15.7. The van der Waals surface area contributed by atoms with Crippen molar-refractivity contribution in [1.29, 1.82) is 0 Å². The summed E-state index contributed by atoms with van der Waals surface area (Å²) in [5, 5.41) is 10.1. The van der Waals surface area contributed by atoms with Crippen molar-refractivity contribution in [2.24, 2.45) is 5.41 Å². The number of hydrogen-bond acceptors (Lipinski definition) is 6. The van der Waals surface area contributed by atoms with Gasteiger partial charge in [-0.25, -0.2) is 9.97 Å². The maximum atomic E-state index is 10.1. The van der Waals surface area contributed by atoms with Gasteiger partial charge in [0.2, 0.25) is 0 Å². The first-order chi connectivity index (χ1) is 11.5. The van der Waals surface area contributed by atoms with E-state index in [1.807, 2.05) is 0 Å². The van der Waals surface area contributed by atoms with Crippen LogP contribution in [0.5, 0.6) is 0 Å². The molecule has 0 bridgehead atoms. The fraction of sp³-hybridized carbons (Fsp3) is 0.667.